The fourth-order valence-corrected chi connectivity index (χ4v) is 2.86. The van der Waals surface area contributed by atoms with Gasteiger partial charge in [-0.15, -0.1) is 11.3 Å². The Bertz CT molecular complexity index is 729. The number of ether oxygens (including phenoxy) is 2. The van der Waals surface area contributed by atoms with E-state index < -0.39 is 10.9 Å². The van der Waals surface area contributed by atoms with Crippen molar-refractivity contribution < 1.29 is 19.2 Å². The molecule has 0 bridgehead atoms. The van der Waals surface area contributed by atoms with Gasteiger partial charge in [0.05, 0.1) is 28.3 Å². The van der Waals surface area contributed by atoms with Crippen LogP contribution in [0.5, 0.6) is 5.75 Å². The first kappa shape index (κ1) is 17.9. The van der Waals surface area contributed by atoms with Gasteiger partial charge in [-0.2, -0.15) is 0 Å². The summed E-state index contributed by atoms with van der Waals surface area (Å²) >= 11 is 1.55. The number of thiazole rings is 1. The minimum Gasteiger partial charge on any atom is -0.480 e. The normalized spacial score (nSPS) is 10.4. The molecule has 1 aromatic heterocycles. The van der Waals surface area contributed by atoms with E-state index in [0.717, 1.165) is 24.3 Å². The Labute approximate surface area is 143 Å². The molecule has 1 heterocycles. The lowest BCUT2D eigenvalue weighted by Crippen LogP contribution is -2.04. The number of nitro groups is 1. The molecular formula is C16H18N2O5S. The number of hydrogen-bond donors (Lipinski definition) is 0. The van der Waals surface area contributed by atoms with Crippen LogP contribution in [0.1, 0.15) is 40.8 Å². The average Bonchev–Trinajstić information content (AvgIpc) is 3.04. The number of carbonyl (C=O) groups is 1. The van der Waals surface area contributed by atoms with Gasteiger partial charge in [0, 0.05) is 17.5 Å². The molecule has 128 valence electrons. The first-order chi connectivity index (χ1) is 11.5. The Balaban J connectivity index is 2.13. The highest BCUT2D eigenvalue weighted by molar-refractivity contribution is 7.09. The average molecular weight is 350 g/mol. The van der Waals surface area contributed by atoms with Crippen LogP contribution in [0.3, 0.4) is 0 Å². The van der Waals surface area contributed by atoms with Crippen molar-refractivity contribution in [2.24, 2.45) is 0 Å². The molecule has 2 aromatic rings. The summed E-state index contributed by atoms with van der Waals surface area (Å²) in [5.74, 6) is -0.559. The Morgan fingerprint density at radius 1 is 1.42 bits per heavy atom. The number of rotatable bonds is 8. The van der Waals surface area contributed by atoms with Gasteiger partial charge in [0.1, 0.15) is 6.61 Å². The van der Waals surface area contributed by atoms with Crippen LogP contribution in [0.25, 0.3) is 0 Å². The Morgan fingerprint density at radius 3 is 2.88 bits per heavy atom. The van der Waals surface area contributed by atoms with Crippen molar-refractivity contribution in [2.45, 2.75) is 32.8 Å². The number of nitrogens with zero attached hydrogens (tertiary/aromatic N) is 2. The molecule has 0 saturated heterocycles. The zero-order valence-corrected chi connectivity index (χ0v) is 14.3. The second kappa shape index (κ2) is 8.39. The molecule has 8 heteroatoms. The minimum absolute atomic E-state index is 0.0195. The predicted molar refractivity (Wildman–Crippen MR) is 89.5 cm³/mol. The van der Waals surface area contributed by atoms with Crippen molar-refractivity contribution in [3.63, 3.8) is 0 Å². The summed E-state index contributed by atoms with van der Waals surface area (Å²) in [4.78, 5) is 26.6. The molecule has 0 aliphatic rings. The summed E-state index contributed by atoms with van der Waals surface area (Å²) in [5, 5.41) is 14.0. The number of esters is 1. The van der Waals surface area contributed by atoms with Crippen LogP contribution in [-0.2, 0) is 17.8 Å². The summed E-state index contributed by atoms with van der Waals surface area (Å²) < 4.78 is 10.2. The van der Waals surface area contributed by atoms with Crippen LogP contribution in [-0.4, -0.2) is 23.0 Å². The van der Waals surface area contributed by atoms with Gasteiger partial charge in [0.25, 0.3) is 0 Å². The molecule has 0 unspecified atom stereocenters. The Hall–Kier alpha value is -2.48. The van der Waals surface area contributed by atoms with E-state index in [1.807, 2.05) is 5.38 Å². The van der Waals surface area contributed by atoms with Crippen LogP contribution in [0, 0.1) is 10.1 Å². The number of benzene rings is 1. The zero-order valence-electron chi connectivity index (χ0n) is 13.5. The molecule has 0 atom stereocenters. The number of methoxy groups -OCH3 is 1. The zero-order chi connectivity index (χ0) is 17.5. The van der Waals surface area contributed by atoms with Crippen molar-refractivity contribution >= 4 is 23.0 Å². The van der Waals surface area contributed by atoms with Crippen LogP contribution in [0.15, 0.2) is 23.6 Å². The largest absolute Gasteiger partial charge is 0.480 e. The molecule has 7 nitrogen and oxygen atoms in total. The van der Waals surface area contributed by atoms with E-state index in [1.54, 1.807) is 11.3 Å². The summed E-state index contributed by atoms with van der Waals surface area (Å²) in [6, 6.07) is 3.88. The van der Waals surface area contributed by atoms with Crippen molar-refractivity contribution in [1.82, 2.24) is 4.98 Å². The minimum atomic E-state index is -0.578. The lowest BCUT2D eigenvalue weighted by Gasteiger charge is -2.07. The van der Waals surface area contributed by atoms with Gasteiger partial charge < -0.3 is 9.47 Å². The molecule has 0 amide bonds. The fraction of sp³-hybridized carbons (Fsp3) is 0.375. The van der Waals surface area contributed by atoms with E-state index in [0.29, 0.717) is 5.69 Å². The van der Waals surface area contributed by atoms with Gasteiger partial charge in [0.15, 0.2) is 5.75 Å². The van der Waals surface area contributed by atoms with Crippen molar-refractivity contribution in [2.75, 3.05) is 7.11 Å². The number of carbonyl (C=O) groups excluding carboxylic acids is 1. The van der Waals surface area contributed by atoms with Gasteiger partial charge in [-0.05, 0) is 18.9 Å². The first-order valence-corrected chi connectivity index (χ1v) is 8.36. The van der Waals surface area contributed by atoms with E-state index in [9.17, 15) is 14.9 Å². The maximum atomic E-state index is 11.6. The van der Waals surface area contributed by atoms with Crippen LogP contribution in [0.2, 0.25) is 0 Å². The fourth-order valence-electron chi connectivity index (χ4n) is 2.04. The van der Waals surface area contributed by atoms with Gasteiger partial charge in [-0.1, -0.05) is 13.3 Å². The number of aryl methyl sites for hydroxylation is 1. The van der Waals surface area contributed by atoms with Crippen LogP contribution in [0.4, 0.5) is 5.69 Å². The Morgan fingerprint density at radius 2 is 2.21 bits per heavy atom. The Kier molecular flexibility index (Phi) is 6.25. The highest BCUT2D eigenvalue weighted by atomic mass is 32.1. The quantitative estimate of drug-likeness (QED) is 0.409. The van der Waals surface area contributed by atoms with Gasteiger partial charge >= 0.3 is 11.7 Å². The summed E-state index contributed by atoms with van der Waals surface area (Å²) in [6.07, 6.45) is 3.08. The number of aromatic nitrogens is 1. The second-order valence-electron chi connectivity index (χ2n) is 5.06. The summed E-state index contributed by atoms with van der Waals surface area (Å²) in [7, 11) is 1.25. The lowest BCUT2D eigenvalue weighted by molar-refractivity contribution is -0.385. The van der Waals surface area contributed by atoms with Gasteiger partial charge in [-0.25, -0.2) is 9.78 Å². The number of nitro benzene ring substituents is 1. The predicted octanol–water partition coefficient (Wildman–Crippen LogP) is 3.76. The highest BCUT2D eigenvalue weighted by Gasteiger charge is 2.19. The number of hydrogen-bond acceptors (Lipinski definition) is 7. The standard InChI is InChI=1S/C16H18N2O5S/c1-3-4-5-15-17-12(10-24-15)9-23-14-8-11(16(19)22-2)6-7-13(14)18(20)21/h6-8,10H,3-5,9H2,1-2H3. The van der Waals surface area contributed by atoms with Gasteiger partial charge in [0.2, 0.25) is 0 Å². The smallest absolute Gasteiger partial charge is 0.337 e. The van der Waals surface area contributed by atoms with E-state index in [-0.39, 0.29) is 23.6 Å². The van der Waals surface area contributed by atoms with Crippen molar-refractivity contribution in [3.8, 4) is 5.75 Å². The van der Waals surface area contributed by atoms with E-state index in [4.69, 9.17) is 4.74 Å². The molecule has 0 radical (unpaired) electrons. The van der Waals surface area contributed by atoms with E-state index in [1.165, 1.54) is 25.3 Å². The third kappa shape index (κ3) is 4.51. The van der Waals surface area contributed by atoms with Crippen LogP contribution >= 0.6 is 11.3 Å². The maximum absolute atomic E-state index is 11.6. The lowest BCUT2D eigenvalue weighted by atomic mass is 10.2. The monoisotopic (exact) mass is 350 g/mol. The number of unbranched alkanes of at least 4 members (excludes halogenated alkanes) is 1. The molecule has 0 spiro atoms. The molecule has 0 aliphatic carbocycles. The van der Waals surface area contributed by atoms with Crippen LogP contribution < -0.4 is 4.74 Å². The summed E-state index contributed by atoms with van der Waals surface area (Å²) in [6.45, 7) is 2.22. The summed E-state index contributed by atoms with van der Waals surface area (Å²) in [5.41, 5.74) is 0.702. The van der Waals surface area contributed by atoms with Crippen molar-refractivity contribution in [3.05, 3.63) is 50.0 Å². The van der Waals surface area contributed by atoms with E-state index >= 15 is 0 Å². The SMILES string of the molecule is CCCCc1nc(COc2cc(C(=O)OC)ccc2[N+](=O)[O-])cs1. The van der Waals surface area contributed by atoms with E-state index in [2.05, 4.69) is 16.6 Å². The molecule has 0 aliphatic heterocycles. The molecule has 2 rings (SSSR count). The topological polar surface area (TPSA) is 91.6 Å². The first-order valence-electron chi connectivity index (χ1n) is 7.48. The molecule has 0 fully saturated rings. The van der Waals surface area contributed by atoms with Crippen molar-refractivity contribution in [1.29, 1.82) is 0 Å². The molecule has 0 saturated carbocycles. The molecular weight excluding hydrogens is 332 g/mol. The third-order valence-electron chi connectivity index (χ3n) is 3.30. The highest BCUT2D eigenvalue weighted by Crippen LogP contribution is 2.29. The second-order valence-corrected chi connectivity index (χ2v) is 6.00. The molecule has 24 heavy (non-hydrogen) atoms. The van der Waals surface area contributed by atoms with Gasteiger partial charge in [-0.3, -0.25) is 10.1 Å². The molecule has 1 aromatic carbocycles. The molecule has 0 N–H and O–H groups in total. The third-order valence-corrected chi connectivity index (χ3v) is 4.25. The maximum Gasteiger partial charge on any atom is 0.337 e.